The summed E-state index contributed by atoms with van der Waals surface area (Å²) in [6, 6.07) is 10.1. The first kappa shape index (κ1) is 11.7. The van der Waals surface area contributed by atoms with Gasteiger partial charge in [0.1, 0.15) is 0 Å². The number of nitrogens with zero attached hydrogens (tertiary/aromatic N) is 4. The second kappa shape index (κ2) is 5.54. The summed E-state index contributed by atoms with van der Waals surface area (Å²) in [6.07, 6.45) is 1.09. The van der Waals surface area contributed by atoms with Gasteiger partial charge in [-0.2, -0.15) is 4.68 Å². The van der Waals surface area contributed by atoms with Crippen LogP contribution in [-0.2, 0) is 0 Å². The van der Waals surface area contributed by atoms with Crippen molar-refractivity contribution in [2.24, 2.45) is 0 Å². The predicted molar refractivity (Wildman–Crippen MR) is 65.9 cm³/mol. The molecular weight excluding hydrogens is 214 g/mol. The molecule has 2 rings (SSSR count). The van der Waals surface area contributed by atoms with Crippen LogP contribution in [0, 0.1) is 0 Å². The maximum atomic E-state index is 4.08. The van der Waals surface area contributed by atoms with E-state index >= 15 is 0 Å². The Hall–Kier alpha value is -1.75. The van der Waals surface area contributed by atoms with Crippen molar-refractivity contribution in [2.45, 2.75) is 26.3 Å². The van der Waals surface area contributed by atoms with Gasteiger partial charge >= 0.3 is 0 Å². The molecule has 17 heavy (non-hydrogen) atoms. The molecule has 0 bridgehead atoms. The Morgan fingerprint density at radius 1 is 1.29 bits per heavy atom. The molecule has 0 amide bonds. The molecule has 0 fully saturated rings. The van der Waals surface area contributed by atoms with Crippen molar-refractivity contribution in [2.75, 3.05) is 6.54 Å². The van der Waals surface area contributed by atoms with E-state index in [0.717, 1.165) is 24.5 Å². The molecule has 0 spiro atoms. The Balaban J connectivity index is 2.23. The van der Waals surface area contributed by atoms with Crippen molar-refractivity contribution in [1.29, 1.82) is 0 Å². The normalized spacial score (nSPS) is 12.6. The van der Waals surface area contributed by atoms with Crippen molar-refractivity contribution in [3.05, 3.63) is 36.2 Å². The largest absolute Gasteiger partial charge is 0.307 e. The van der Waals surface area contributed by atoms with Crippen LogP contribution in [0.25, 0.3) is 5.69 Å². The number of nitrogens with one attached hydrogen (secondary N) is 1. The molecule has 2 aromatic rings. The molecule has 1 aromatic carbocycles. The summed E-state index contributed by atoms with van der Waals surface area (Å²) in [6.45, 7) is 5.17. The summed E-state index contributed by atoms with van der Waals surface area (Å²) >= 11 is 0. The van der Waals surface area contributed by atoms with E-state index in [1.54, 1.807) is 4.68 Å². The quantitative estimate of drug-likeness (QED) is 0.851. The lowest BCUT2D eigenvalue weighted by molar-refractivity contribution is 0.531. The Kier molecular flexibility index (Phi) is 3.82. The van der Waals surface area contributed by atoms with Gasteiger partial charge in [-0.3, -0.25) is 0 Å². The molecule has 5 nitrogen and oxygen atoms in total. The van der Waals surface area contributed by atoms with E-state index in [0.29, 0.717) is 0 Å². The highest BCUT2D eigenvalue weighted by molar-refractivity contribution is 5.30. The summed E-state index contributed by atoms with van der Waals surface area (Å²) < 4.78 is 1.77. The smallest absolute Gasteiger partial charge is 0.173 e. The third-order valence-corrected chi connectivity index (χ3v) is 2.58. The minimum atomic E-state index is 0.144. The Bertz CT molecular complexity index is 451. The van der Waals surface area contributed by atoms with E-state index in [1.165, 1.54) is 0 Å². The summed E-state index contributed by atoms with van der Waals surface area (Å²) in [5, 5.41) is 15.2. The molecule has 0 aliphatic heterocycles. The highest BCUT2D eigenvalue weighted by atomic mass is 15.5. The van der Waals surface area contributed by atoms with Crippen LogP contribution in [-0.4, -0.2) is 26.8 Å². The van der Waals surface area contributed by atoms with E-state index in [1.807, 2.05) is 30.3 Å². The van der Waals surface area contributed by atoms with Gasteiger partial charge in [-0.05, 0) is 42.4 Å². The second-order valence-electron chi connectivity index (χ2n) is 3.96. The third-order valence-electron chi connectivity index (χ3n) is 2.58. The first-order chi connectivity index (χ1) is 8.33. The van der Waals surface area contributed by atoms with Gasteiger partial charge in [0.2, 0.25) is 0 Å². The summed E-state index contributed by atoms with van der Waals surface area (Å²) in [5.41, 5.74) is 0.984. The van der Waals surface area contributed by atoms with Crippen molar-refractivity contribution >= 4 is 0 Å². The average Bonchev–Trinajstić information content (AvgIpc) is 2.86. The molecule has 1 heterocycles. The zero-order valence-corrected chi connectivity index (χ0v) is 10.2. The maximum Gasteiger partial charge on any atom is 0.173 e. The Labute approximate surface area is 101 Å². The molecule has 5 heteroatoms. The van der Waals surface area contributed by atoms with Gasteiger partial charge in [0.25, 0.3) is 0 Å². The van der Waals surface area contributed by atoms with Gasteiger partial charge in [-0.25, -0.2) is 0 Å². The number of benzene rings is 1. The average molecular weight is 231 g/mol. The zero-order chi connectivity index (χ0) is 12.1. The fraction of sp³-hybridized carbons (Fsp3) is 0.417. The molecule has 0 radical (unpaired) electrons. The van der Waals surface area contributed by atoms with Gasteiger partial charge < -0.3 is 5.32 Å². The molecule has 0 saturated heterocycles. The lowest BCUT2D eigenvalue weighted by Crippen LogP contribution is -2.22. The van der Waals surface area contributed by atoms with E-state index in [9.17, 15) is 0 Å². The summed E-state index contributed by atoms with van der Waals surface area (Å²) in [5.74, 6) is 0.838. The fourth-order valence-electron chi connectivity index (χ4n) is 1.67. The SMILES string of the molecule is CCCNC(C)c1nnnn1-c1ccccc1. The van der Waals surface area contributed by atoms with Crippen molar-refractivity contribution in [1.82, 2.24) is 25.5 Å². The summed E-state index contributed by atoms with van der Waals surface area (Å²) in [7, 11) is 0. The highest BCUT2D eigenvalue weighted by Crippen LogP contribution is 2.13. The van der Waals surface area contributed by atoms with E-state index in [4.69, 9.17) is 0 Å². The topological polar surface area (TPSA) is 55.6 Å². The van der Waals surface area contributed by atoms with Crippen molar-refractivity contribution < 1.29 is 0 Å². The van der Waals surface area contributed by atoms with Crippen LogP contribution >= 0.6 is 0 Å². The number of aromatic nitrogens is 4. The first-order valence-corrected chi connectivity index (χ1v) is 5.90. The predicted octanol–water partition coefficient (Wildman–Crippen LogP) is 1.72. The maximum absolute atomic E-state index is 4.08. The molecule has 1 unspecified atom stereocenters. The third kappa shape index (κ3) is 2.68. The number of para-hydroxylation sites is 1. The van der Waals surface area contributed by atoms with Crippen LogP contribution in [0.15, 0.2) is 30.3 Å². The monoisotopic (exact) mass is 231 g/mol. The molecular formula is C12H17N5. The second-order valence-corrected chi connectivity index (χ2v) is 3.96. The van der Waals surface area contributed by atoms with Crippen molar-refractivity contribution in [3.63, 3.8) is 0 Å². The summed E-state index contributed by atoms with van der Waals surface area (Å²) in [4.78, 5) is 0. The van der Waals surface area contributed by atoms with Crippen LogP contribution in [0.1, 0.15) is 32.1 Å². The van der Waals surface area contributed by atoms with Crippen LogP contribution in [0.4, 0.5) is 0 Å². The van der Waals surface area contributed by atoms with Gasteiger partial charge in [-0.15, -0.1) is 5.10 Å². The van der Waals surface area contributed by atoms with Gasteiger partial charge in [-0.1, -0.05) is 25.1 Å². The molecule has 0 aliphatic rings. The fourth-order valence-corrected chi connectivity index (χ4v) is 1.67. The van der Waals surface area contributed by atoms with Crippen molar-refractivity contribution in [3.8, 4) is 5.69 Å². The van der Waals surface area contributed by atoms with Crippen LogP contribution in [0.3, 0.4) is 0 Å². The molecule has 0 aliphatic carbocycles. The molecule has 1 atom stereocenters. The molecule has 0 saturated carbocycles. The number of hydrogen-bond acceptors (Lipinski definition) is 4. The Morgan fingerprint density at radius 3 is 2.76 bits per heavy atom. The molecule has 1 N–H and O–H groups in total. The van der Waals surface area contributed by atoms with Crippen LogP contribution in [0.5, 0.6) is 0 Å². The lowest BCUT2D eigenvalue weighted by Gasteiger charge is -2.12. The minimum absolute atomic E-state index is 0.144. The van der Waals surface area contributed by atoms with Crippen LogP contribution < -0.4 is 5.32 Å². The van der Waals surface area contributed by atoms with E-state index in [2.05, 4.69) is 34.7 Å². The van der Waals surface area contributed by atoms with Crippen LogP contribution in [0.2, 0.25) is 0 Å². The standard InChI is InChI=1S/C12H17N5/c1-3-9-13-10(2)12-14-15-16-17(12)11-7-5-4-6-8-11/h4-8,10,13H,3,9H2,1-2H3. The number of rotatable bonds is 5. The van der Waals surface area contributed by atoms with E-state index < -0.39 is 0 Å². The van der Waals surface area contributed by atoms with Gasteiger partial charge in [0, 0.05) is 0 Å². The molecule has 1 aromatic heterocycles. The zero-order valence-electron chi connectivity index (χ0n) is 10.2. The lowest BCUT2D eigenvalue weighted by atomic mass is 10.2. The highest BCUT2D eigenvalue weighted by Gasteiger charge is 2.14. The van der Waals surface area contributed by atoms with Gasteiger partial charge in [0.05, 0.1) is 11.7 Å². The van der Waals surface area contributed by atoms with Gasteiger partial charge in [0.15, 0.2) is 5.82 Å². The minimum Gasteiger partial charge on any atom is -0.307 e. The molecule has 90 valence electrons. The van der Waals surface area contributed by atoms with E-state index in [-0.39, 0.29) is 6.04 Å². The number of tetrazole rings is 1. The number of hydrogen-bond donors (Lipinski definition) is 1. The Morgan fingerprint density at radius 2 is 2.06 bits per heavy atom. The first-order valence-electron chi connectivity index (χ1n) is 5.90.